The smallest absolute Gasteiger partial charge is 0.249 e. The van der Waals surface area contributed by atoms with Gasteiger partial charge < -0.3 is 0 Å². The number of likely N-dealkylation sites (N-methyl/N-ethyl adjacent to an activating group) is 1. The number of rotatable bonds is 4. The first-order valence-corrected chi connectivity index (χ1v) is 7.34. The molecular weight excluding hydrogens is 278 g/mol. The number of sulfonamides is 1. The van der Waals surface area contributed by atoms with Crippen molar-refractivity contribution in [3.05, 3.63) is 42.5 Å². The van der Waals surface area contributed by atoms with E-state index in [1.54, 1.807) is 12.1 Å². The summed E-state index contributed by atoms with van der Waals surface area (Å²) < 4.78 is 25.6. The van der Waals surface area contributed by atoms with Crippen molar-refractivity contribution in [3.8, 4) is 0 Å². The van der Waals surface area contributed by atoms with Gasteiger partial charge in [0.2, 0.25) is 15.9 Å². The van der Waals surface area contributed by atoms with Gasteiger partial charge in [-0.1, -0.05) is 30.3 Å². The molecule has 0 aliphatic carbocycles. The molecule has 0 aliphatic rings. The molecule has 0 saturated carbocycles. The minimum absolute atomic E-state index is 0.142. The van der Waals surface area contributed by atoms with Crippen LogP contribution in [0.1, 0.15) is 0 Å². The van der Waals surface area contributed by atoms with Gasteiger partial charge in [-0.2, -0.15) is 4.31 Å². The average molecular weight is 293 g/mol. The normalized spacial score (nSPS) is 11.8. The maximum Gasteiger partial charge on any atom is 0.249 e. The second kappa shape index (κ2) is 5.58. The summed E-state index contributed by atoms with van der Waals surface area (Å²) in [5, 5.41) is 1.78. The van der Waals surface area contributed by atoms with E-state index < -0.39 is 15.9 Å². The van der Waals surface area contributed by atoms with E-state index >= 15 is 0 Å². The Morgan fingerprint density at radius 1 is 1.20 bits per heavy atom. The first-order valence-electron chi connectivity index (χ1n) is 5.90. The third kappa shape index (κ3) is 2.79. The third-order valence-electron chi connectivity index (χ3n) is 2.96. The van der Waals surface area contributed by atoms with E-state index in [2.05, 4.69) is 0 Å². The van der Waals surface area contributed by atoms with Crippen LogP contribution in [-0.4, -0.2) is 32.2 Å². The predicted octanol–water partition coefficient (Wildman–Crippen LogP) is 0.450. The molecule has 0 aliphatic heterocycles. The molecule has 20 heavy (non-hydrogen) atoms. The zero-order valence-corrected chi connectivity index (χ0v) is 11.7. The van der Waals surface area contributed by atoms with Crippen molar-refractivity contribution < 1.29 is 13.2 Å². The second-order valence-electron chi connectivity index (χ2n) is 4.34. The molecule has 1 amide bonds. The summed E-state index contributed by atoms with van der Waals surface area (Å²) in [5.41, 5.74) is 1.90. The Balaban J connectivity index is 2.38. The molecule has 0 fully saturated rings. The monoisotopic (exact) mass is 293 g/mol. The summed E-state index contributed by atoms with van der Waals surface area (Å²) in [6, 6.07) is 12.3. The van der Waals surface area contributed by atoms with Gasteiger partial charge in [-0.25, -0.2) is 14.3 Å². The van der Waals surface area contributed by atoms with Gasteiger partial charge in [-0.05, 0) is 22.9 Å². The quantitative estimate of drug-likeness (QED) is 0.486. The van der Waals surface area contributed by atoms with Gasteiger partial charge >= 0.3 is 0 Å². The molecule has 0 bridgehead atoms. The molecule has 0 heterocycles. The van der Waals surface area contributed by atoms with Gasteiger partial charge in [0, 0.05) is 7.05 Å². The highest BCUT2D eigenvalue weighted by Gasteiger charge is 2.22. The van der Waals surface area contributed by atoms with Gasteiger partial charge in [0.1, 0.15) is 0 Å². The molecule has 0 aromatic heterocycles. The molecule has 0 saturated heterocycles. The molecule has 7 heteroatoms. The lowest BCUT2D eigenvalue weighted by molar-refractivity contribution is -0.121. The van der Waals surface area contributed by atoms with Crippen LogP contribution in [0.3, 0.4) is 0 Å². The van der Waals surface area contributed by atoms with E-state index in [-0.39, 0.29) is 11.4 Å². The Morgan fingerprint density at radius 3 is 2.50 bits per heavy atom. The van der Waals surface area contributed by atoms with Crippen LogP contribution in [0.4, 0.5) is 0 Å². The summed E-state index contributed by atoms with van der Waals surface area (Å²) in [4.78, 5) is 11.3. The zero-order chi connectivity index (χ0) is 14.8. The lowest BCUT2D eigenvalue weighted by Gasteiger charge is -2.16. The van der Waals surface area contributed by atoms with E-state index in [4.69, 9.17) is 5.84 Å². The molecule has 106 valence electrons. The van der Waals surface area contributed by atoms with Crippen LogP contribution in [0.5, 0.6) is 0 Å². The highest BCUT2D eigenvalue weighted by Crippen LogP contribution is 2.21. The number of carbonyl (C=O) groups is 1. The number of hydrogen-bond acceptors (Lipinski definition) is 4. The number of nitrogens with two attached hydrogens (primary N) is 1. The standard InChI is InChI=1S/C13H15N3O3S/c1-16(9-13(17)15-14)20(18,19)12-7-6-10-4-2-3-5-11(10)8-12/h2-8H,9,14H2,1H3,(H,15,17). The number of fused-ring (bicyclic) bond motifs is 1. The molecular formula is C13H15N3O3S. The van der Waals surface area contributed by atoms with Crippen LogP contribution in [0.25, 0.3) is 10.8 Å². The fraction of sp³-hybridized carbons (Fsp3) is 0.154. The number of benzene rings is 2. The first-order chi connectivity index (χ1) is 9.45. The number of amides is 1. The third-order valence-corrected chi connectivity index (χ3v) is 4.76. The summed E-state index contributed by atoms with van der Waals surface area (Å²) in [6.45, 7) is -0.328. The van der Waals surface area contributed by atoms with Crippen LogP contribution >= 0.6 is 0 Å². The summed E-state index contributed by atoms with van der Waals surface area (Å²) in [7, 11) is -2.39. The van der Waals surface area contributed by atoms with Crippen molar-refractivity contribution >= 4 is 26.7 Å². The van der Waals surface area contributed by atoms with Gasteiger partial charge in [0.05, 0.1) is 11.4 Å². The van der Waals surface area contributed by atoms with Crippen LogP contribution < -0.4 is 11.3 Å². The van der Waals surface area contributed by atoms with Crippen molar-refractivity contribution in [2.24, 2.45) is 5.84 Å². The van der Waals surface area contributed by atoms with Crippen molar-refractivity contribution in [2.45, 2.75) is 4.90 Å². The largest absolute Gasteiger partial charge is 0.293 e. The molecule has 2 rings (SSSR count). The minimum atomic E-state index is -3.72. The Labute approximate surface area is 117 Å². The Morgan fingerprint density at radius 2 is 1.85 bits per heavy atom. The molecule has 0 spiro atoms. The van der Waals surface area contributed by atoms with Crippen molar-refractivity contribution in [1.29, 1.82) is 0 Å². The maximum absolute atomic E-state index is 12.3. The van der Waals surface area contributed by atoms with E-state index in [0.29, 0.717) is 0 Å². The first kappa shape index (κ1) is 14.4. The van der Waals surface area contributed by atoms with E-state index in [0.717, 1.165) is 15.1 Å². The highest BCUT2D eigenvalue weighted by atomic mass is 32.2. The lowest BCUT2D eigenvalue weighted by atomic mass is 10.1. The fourth-order valence-corrected chi connectivity index (χ4v) is 3.00. The van der Waals surface area contributed by atoms with E-state index in [9.17, 15) is 13.2 Å². The molecule has 6 nitrogen and oxygen atoms in total. The van der Waals surface area contributed by atoms with Crippen LogP contribution in [0.2, 0.25) is 0 Å². The molecule has 0 radical (unpaired) electrons. The average Bonchev–Trinajstić information content (AvgIpc) is 2.46. The Hall–Kier alpha value is -1.96. The van der Waals surface area contributed by atoms with Crippen molar-refractivity contribution in [3.63, 3.8) is 0 Å². The second-order valence-corrected chi connectivity index (χ2v) is 6.38. The van der Waals surface area contributed by atoms with E-state index in [1.165, 1.54) is 13.1 Å². The Kier molecular flexibility index (Phi) is 4.03. The number of hydrazine groups is 1. The summed E-state index contributed by atoms with van der Waals surface area (Å²) in [5.74, 6) is 4.38. The number of nitrogens with zero attached hydrogens (tertiary/aromatic N) is 1. The summed E-state index contributed by atoms with van der Waals surface area (Å²) >= 11 is 0. The van der Waals surface area contributed by atoms with Gasteiger partial charge in [0.15, 0.2) is 0 Å². The topological polar surface area (TPSA) is 92.5 Å². The highest BCUT2D eigenvalue weighted by molar-refractivity contribution is 7.89. The minimum Gasteiger partial charge on any atom is -0.293 e. The molecule has 3 N–H and O–H groups in total. The Bertz CT molecular complexity index is 743. The zero-order valence-electron chi connectivity index (χ0n) is 10.9. The van der Waals surface area contributed by atoms with Gasteiger partial charge in [-0.15, -0.1) is 0 Å². The molecule has 2 aromatic carbocycles. The number of hydrogen-bond donors (Lipinski definition) is 2. The SMILES string of the molecule is CN(CC(=O)NN)S(=O)(=O)c1ccc2ccccc2c1. The molecule has 2 aromatic rings. The van der Waals surface area contributed by atoms with Crippen LogP contribution in [0.15, 0.2) is 47.4 Å². The van der Waals surface area contributed by atoms with Crippen LogP contribution in [-0.2, 0) is 14.8 Å². The number of nitrogens with one attached hydrogen (secondary N) is 1. The van der Waals surface area contributed by atoms with Crippen LogP contribution in [0, 0.1) is 0 Å². The van der Waals surface area contributed by atoms with E-state index in [1.807, 2.05) is 29.7 Å². The van der Waals surface area contributed by atoms with Crippen molar-refractivity contribution in [2.75, 3.05) is 13.6 Å². The number of carbonyl (C=O) groups excluding carboxylic acids is 1. The van der Waals surface area contributed by atoms with Gasteiger partial charge in [-0.3, -0.25) is 10.2 Å². The maximum atomic E-state index is 12.3. The summed E-state index contributed by atoms with van der Waals surface area (Å²) in [6.07, 6.45) is 0. The molecule has 0 unspecified atom stereocenters. The van der Waals surface area contributed by atoms with Crippen molar-refractivity contribution in [1.82, 2.24) is 9.73 Å². The lowest BCUT2D eigenvalue weighted by Crippen LogP contribution is -2.41. The fourth-order valence-electron chi connectivity index (χ4n) is 1.84. The predicted molar refractivity (Wildman–Crippen MR) is 76.1 cm³/mol. The molecule has 0 atom stereocenters. The van der Waals surface area contributed by atoms with Gasteiger partial charge in [0.25, 0.3) is 0 Å².